The molecule has 1 amide bonds. The fourth-order valence-electron chi connectivity index (χ4n) is 1.73. The fourth-order valence-corrected chi connectivity index (χ4v) is 1.73. The van der Waals surface area contributed by atoms with Crippen molar-refractivity contribution >= 4 is 11.7 Å². The summed E-state index contributed by atoms with van der Waals surface area (Å²) in [5.41, 5.74) is 0. The molecule has 1 aromatic heterocycles. The molecule has 0 fully saturated rings. The molecule has 1 atom stereocenters. The summed E-state index contributed by atoms with van der Waals surface area (Å²) in [7, 11) is 0. The van der Waals surface area contributed by atoms with Gasteiger partial charge in [0.15, 0.2) is 5.82 Å². The van der Waals surface area contributed by atoms with Crippen molar-refractivity contribution in [3.05, 3.63) is 11.8 Å². The molecule has 1 rings (SSSR count). The minimum absolute atomic E-state index is 0.104. The third-order valence-corrected chi connectivity index (χ3v) is 3.05. The molecule has 108 valence electrons. The molecule has 0 aliphatic rings. The summed E-state index contributed by atoms with van der Waals surface area (Å²) in [5, 5.41) is 9.64. The van der Waals surface area contributed by atoms with E-state index in [0.717, 1.165) is 26.2 Å². The maximum absolute atomic E-state index is 11.9. The molecular weight excluding hydrogens is 244 g/mol. The number of aryl methyl sites for hydroxylation is 1. The zero-order chi connectivity index (χ0) is 14.3. The maximum Gasteiger partial charge on any atom is 0.242 e. The minimum atomic E-state index is -0.257. The van der Waals surface area contributed by atoms with E-state index in [0.29, 0.717) is 11.6 Å². The van der Waals surface area contributed by atoms with Gasteiger partial charge in [-0.1, -0.05) is 19.0 Å². The fraction of sp³-hybridized carbons (Fsp3) is 0.692. The Morgan fingerprint density at radius 1 is 1.47 bits per heavy atom. The van der Waals surface area contributed by atoms with Crippen molar-refractivity contribution in [2.45, 2.75) is 33.7 Å². The number of nitrogens with zero attached hydrogens (tertiary/aromatic N) is 2. The van der Waals surface area contributed by atoms with E-state index >= 15 is 0 Å². The molecule has 0 aliphatic heterocycles. The van der Waals surface area contributed by atoms with Gasteiger partial charge in [0, 0.05) is 19.2 Å². The number of hydrogen-bond donors (Lipinski definition) is 2. The topological polar surface area (TPSA) is 70.4 Å². The molecule has 0 aromatic carbocycles. The van der Waals surface area contributed by atoms with Crippen molar-refractivity contribution in [3.8, 4) is 0 Å². The molecule has 0 bridgehead atoms. The summed E-state index contributed by atoms with van der Waals surface area (Å²) in [4.78, 5) is 14.2. The molecule has 6 nitrogen and oxygen atoms in total. The van der Waals surface area contributed by atoms with Gasteiger partial charge in [-0.05, 0) is 26.9 Å². The number of rotatable bonds is 8. The molecule has 0 radical (unpaired) electrons. The predicted octanol–water partition coefficient (Wildman–Crippen LogP) is 1.24. The zero-order valence-corrected chi connectivity index (χ0v) is 12.2. The first-order chi connectivity index (χ1) is 9.06. The van der Waals surface area contributed by atoms with E-state index in [-0.39, 0.29) is 11.9 Å². The molecule has 6 heteroatoms. The molecule has 19 heavy (non-hydrogen) atoms. The Morgan fingerprint density at radius 3 is 2.68 bits per heavy atom. The van der Waals surface area contributed by atoms with Gasteiger partial charge in [-0.25, -0.2) is 0 Å². The monoisotopic (exact) mass is 268 g/mol. The quantitative estimate of drug-likeness (QED) is 0.742. The van der Waals surface area contributed by atoms with Crippen LogP contribution in [0.5, 0.6) is 0 Å². The molecular formula is C13H24N4O2. The van der Waals surface area contributed by atoms with Crippen LogP contribution < -0.4 is 10.6 Å². The lowest BCUT2D eigenvalue weighted by Crippen LogP contribution is -2.42. The summed E-state index contributed by atoms with van der Waals surface area (Å²) >= 11 is 0. The Hall–Kier alpha value is -1.40. The number of nitrogens with one attached hydrogen (secondary N) is 2. The highest BCUT2D eigenvalue weighted by Gasteiger charge is 2.14. The molecule has 2 N–H and O–H groups in total. The number of carbonyl (C=O) groups excluding carboxylic acids is 1. The lowest BCUT2D eigenvalue weighted by Gasteiger charge is -2.19. The highest BCUT2D eigenvalue weighted by atomic mass is 16.5. The van der Waals surface area contributed by atoms with Gasteiger partial charge in [-0.3, -0.25) is 4.79 Å². The van der Waals surface area contributed by atoms with Crippen LogP contribution in [0.1, 0.15) is 26.5 Å². The van der Waals surface area contributed by atoms with Gasteiger partial charge in [-0.2, -0.15) is 0 Å². The molecule has 0 spiro atoms. The van der Waals surface area contributed by atoms with Crippen molar-refractivity contribution < 1.29 is 9.32 Å². The molecule has 1 aromatic rings. The van der Waals surface area contributed by atoms with E-state index in [1.165, 1.54) is 0 Å². The van der Waals surface area contributed by atoms with E-state index < -0.39 is 0 Å². The average molecular weight is 268 g/mol. The third kappa shape index (κ3) is 5.40. The average Bonchev–Trinajstić information content (AvgIpc) is 2.79. The van der Waals surface area contributed by atoms with Crippen molar-refractivity contribution in [3.63, 3.8) is 0 Å². The van der Waals surface area contributed by atoms with E-state index in [1.54, 1.807) is 13.0 Å². The van der Waals surface area contributed by atoms with Crippen molar-refractivity contribution in [2.24, 2.45) is 0 Å². The van der Waals surface area contributed by atoms with Gasteiger partial charge in [-0.15, -0.1) is 0 Å². The van der Waals surface area contributed by atoms with Crippen molar-refractivity contribution in [2.75, 3.05) is 31.5 Å². The number of aromatic nitrogens is 1. The molecule has 1 heterocycles. The van der Waals surface area contributed by atoms with Crippen LogP contribution in [0.25, 0.3) is 0 Å². The van der Waals surface area contributed by atoms with E-state index in [9.17, 15) is 4.79 Å². The Kier molecular flexibility index (Phi) is 6.52. The third-order valence-electron chi connectivity index (χ3n) is 3.05. The Balaban J connectivity index is 2.28. The first kappa shape index (κ1) is 15.7. The SMILES string of the molecule is CCN(CC)CCNC(C)C(=O)Nc1cc(C)on1. The summed E-state index contributed by atoms with van der Waals surface area (Å²) in [5.74, 6) is 1.03. The second kappa shape index (κ2) is 7.91. The van der Waals surface area contributed by atoms with Gasteiger partial charge >= 0.3 is 0 Å². The van der Waals surface area contributed by atoms with Gasteiger partial charge in [0.25, 0.3) is 0 Å². The minimum Gasteiger partial charge on any atom is -0.360 e. The smallest absolute Gasteiger partial charge is 0.242 e. The number of likely N-dealkylation sites (N-methyl/N-ethyl adjacent to an activating group) is 1. The summed E-state index contributed by atoms with van der Waals surface area (Å²) in [6, 6.07) is 1.44. The van der Waals surface area contributed by atoms with Gasteiger partial charge < -0.3 is 20.1 Å². The van der Waals surface area contributed by atoms with E-state index in [1.807, 2.05) is 6.92 Å². The summed E-state index contributed by atoms with van der Waals surface area (Å²) < 4.78 is 4.90. The lowest BCUT2D eigenvalue weighted by atomic mass is 10.3. The van der Waals surface area contributed by atoms with E-state index in [2.05, 4.69) is 34.5 Å². The van der Waals surface area contributed by atoms with Crippen LogP contribution in [0.3, 0.4) is 0 Å². The second-order valence-electron chi connectivity index (χ2n) is 4.51. The number of hydrogen-bond acceptors (Lipinski definition) is 5. The molecule has 0 saturated carbocycles. The Bertz CT molecular complexity index is 388. The highest BCUT2D eigenvalue weighted by molar-refractivity contribution is 5.93. The number of carbonyl (C=O) groups is 1. The van der Waals surface area contributed by atoms with Crippen LogP contribution in [0, 0.1) is 6.92 Å². The largest absolute Gasteiger partial charge is 0.360 e. The normalized spacial score (nSPS) is 12.7. The zero-order valence-electron chi connectivity index (χ0n) is 12.2. The van der Waals surface area contributed by atoms with Crippen molar-refractivity contribution in [1.82, 2.24) is 15.4 Å². The van der Waals surface area contributed by atoms with Crippen molar-refractivity contribution in [1.29, 1.82) is 0 Å². The summed E-state index contributed by atoms with van der Waals surface area (Å²) in [6.07, 6.45) is 0. The maximum atomic E-state index is 11.9. The van der Waals surface area contributed by atoms with E-state index in [4.69, 9.17) is 4.52 Å². The Morgan fingerprint density at radius 2 is 2.16 bits per heavy atom. The van der Waals surface area contributed by atoms with Gasteiger partial charge in [0.05, 0.1) is 6.04 Å². The highest BCUT2D eigenvalue weighted by Crippen LogP contribution is 2.07. The lowest BCUT2D eigenvalue weighted by molar-refractivity contribution is -0.117. The first-order valence-electron chi connectivity index (χ1n) is 6.76. The Labute approximate surface area is 114 Å². The van der Waals surface area contributed by atoms with Gasteiger partial charge in [0.2, 0.25) is 5.91 Å². The number of amides is 1. The standard InChI is InChI=1S/C13H24N4O2/c1-5-17(6-2)8-7-14-11(4)13(18)15-12-9-10(3)19-16-12/h9,11,14H,5-8H2,1-4H3,(H,15,16,18). The molecule has 1 unspecified atom stereocenters. The number of anilines is 1. The second-order valence-corrected chi connectivity index (χ2v) is 4.51. The van der Waals surface area contributed by atoms with Crippen LogP contribution in [0.4, 0.5) is 5.82 Å². The molecule has 0 aliphatic carbocycles. The summed E-state index contributed by atoms with van der Waals surface area (Å²) in [6.45, 7) is 11.7. The van der Waals surface area contributed by atoms with Crippen LogP contribution in [0.15, 0.2) is 10.6 Å². The van der Waals surface area contributed by atoms with Crippen LogP contribution in [-0.4, -0.2) is 48.2 Å². The van der Waals surface area contributed by atoms with Crippen LogP contribution >= 0.6 is 0 Å². The first-order valence-corrected chi connectivity index (χ1v) is 6.76. The van der Waals surface area contributed by atoms with Crippen LogP contribution in [0.2, 0.25) is 0 Å². The van der Waals surface area contributed by atoms with Gasteiger partial charge in [0.1, 0.15) is 5.76 Å². The van der Waals surface area contributed by atoms with Crippen LogP contribution in [-0.2, 0) is 4.79 Å². The predicted molar refractivity (Wildman–Crippen MR) is 75.1 cm³/mol. The molecule has 0 saturated heterocycles.